The Morgan fingerprint density at radius 1 is 1.00 bits per heavy atom. The van der Waals surface area contributed by atoms with E-state index in [-0.39, 0.29) is 24.8 Å². The van der Waals surface area contributed by atoms with Gasteiger partial charge >= 0.3 is 6.18 Å². The Balaban J connectivity index is 1.47. The van der Waals surface area contributed by atoms with Gasteiger partial charge in [0.25, 0.3) is 0 Å². The molecule has 12 heteroatoms. The lowest BCUT2D eigenvalue weighted by molar-refractivity contribution is -0.137. The minimum Gasteiger partial charge on any atom is -0.370 e. The number of nitrogens with one attached hydrogen (secondary N) is 3. The molecule has 0 radical (unpaired) electrons. The van der Waals surface area contributed by atoms with Crippen LogP contribution in [0.5, 0.6) is 0 Å². The molecule has 42 heavy (non-hydrogen) atoms. The lowest BCUT2D eigenvalue weighted by Crippen LogP contribution is -2.36. The molecule has 3 aromatic carbocycles. The van der Waals surface area contributed by atoms with E-state index < -0.39 is 38.6 Å². The van der Waals surface area contributed by atoms with Gasteiger partial charge < -0.3 is 16.4 Å². The Morgan fingerprint density at radius 2 is 1.76 bits per heavy atom. The Hall–Kier alpha value is -3.74. The van der Waals surface area contributed by atoms with Crippen LogP contribution in [0.2, 0.25) is 0 Å². The molecule has 5 N–H and O–H groups in total. The van der Waals surface area contributed by atoms with E-state index in [0.717, 1.165) is 47.7 Å². The van der Waals surface area contributed by atoms with Crippen molar-refractivity contribution < 1.29 is 31.2 Å². The number of primary amides is 1. The van der Waals surface area contributed by atoms with Gasteiger partial charge in [0, 0.05) is 25.9 Å². The molecule has 2 atom stereocenters. The average Bonchev–Trinajstić information content (AvgIpc) is 2.95. The summed E-state index contributed by atoms with van der Waals surface area (Å²) >= 11 is 0. The summed E-state index contributed by atoms with van der Waals surface area (Å²) in [6, 6.07) is 16.6. The monoisotopic (exact) mass is 602 g/mol. The van der Waals surface area contributed by atoms with Crippen molar-refractivity contribution in [2.75, 3.05) is 6.54 Å². The zero-order valence-electron chi connectivity index (χ0n) is 22.8. The maximum absolute atomic E-state index is 13.3. The van der Waals surface area contributed by atoms with Crippen molar-refractivity contribution in [1.82, 2.24) is 15.4 Å². The van der Waals surface area contributed by atoms with Crippen LogP contribution in [0, 0.1) is 0 Å². The molecule has 0 heterocycles. The number of aryl methyl sites for hydroxylation is 1. The van der Waals surface area contributed by atoms with Gasteiger partial charge in [-0.25, -0.2) is 13.1 Å². The number of nitrogens with two attached hydrogens (primary N) is 1. The Morgan fingerprint density at radius 3 is 2.48 bits per heavy atom. The van der Waals surface area contributed by atoms with E-state index in [9.17, 15) is 31.2 Å². The fraction of sp³-hybridized carbons (Fsp3) is 0.333. The zero-order valence-corrected chi connectivity index (χ0v) is 23.6. The van der Waals surface area contributed by atoms with Crippen molar-refractivity contribution in [2.45, 2.75) is 61.8 Å². The topological polar surface area (TPSA) is 130 Å². The number of hydrogen-bond donors (Lipinski definition) is 4. The van der Waals surface area contributed by atoms with Crippen LogP contribution in [0.15, 0.2) is 77.7 Å². The molecule has 1 aliphatic rings. The van der Waals surface area contributed by atoms with Gasteiger partial charge in [-0.05, 0) is 59.7 Å². The summed E-state index contributed by atoms with van der Waals surface area (Å²) in [5.74, 6) is -0.768. The van der Waals surface area contributed by atoms with E-state index in [4.69, 9.17) is 5.73 Å². The number of alkyl halides is 3. The second kappa shape index (κ2) is 13.5. The van der Waals surface area contributed by atoms with Crippen LogP contribution < -0.4 is 21.1 Å². The van der Waals surface area contributed by atoms with Crippen LogP contribution in [0.3, 0.4) is 0 Å². The highest BCUT2D eigenvalue weighted by Crippen LogP contribution is 2.32. The number of halogens is 3. The van der Waals surface area contributed by atoms with Crippen molar-refractivity contribution >= 4 is 21.8 Å². The largest absolute Gasteiger partial charge is 0.416 e. The highest BCUT2D eigenvalue weighted by atomic mass is 32.2. The van der Waals surface area contributed by atoms with Crippen molar-refractivity contribution in [3.05, 3.63) is 101 Å². The first kappa shape index (κ1) is 31.2. The molecule has 4 rings (SSSR count). The lowest BCUT2D eigenvalue weighted by atomic mass is 9.86. The summed E-state index contributed by atoms with van der Waals surface area (Å²) in [7, 11) is -4.40. The first-order valence-corrected chi connectivity index (χ1v) is 15.1. The summed E-state index contributed by atoms with van der Waals surface area (Å²) in [6.07, 6.45) is -2.31. The van der Waals surface area contributed by atoms with Crippen LogP contribution in [-0.2, 0) is 38.8 Å². The van der Waals surface area contributed by atoms with Gasteiger partial charge in [-0.15, -0.1) is 0 Å². The van der Waals surface area contributed by atoms with E-state index >= 15 is 0 Å². The molecule has 0 bridgehead atoms. The van der Waals surface area contributed by atoms with Crippen molar-refractivity contribution in [1.29, 1.82) is 0 Å². The maximum atomic E-state index is 13.3. The molecule has 1 aliphatic carbocycles. The van der Waals surface area contributed by atoms with E-state index in [1.165, 1.54) is 0 Å². The number of sulfonamides is 1. The molecular formula is C30H33F3N4O4S. The van der Waals surface area contributed by atoms with Crippen LogP contribution >= 0.6 is 0 Å². The van der Waals surface area contributed by atoms with Gasteiger partial charge in [0.2, 0.25) is 21.8 Å². The Kier molecular flexibility index (Phi) is 10.0. The quantitative estimate of drug-likeness (QED) is 0.230. The lowest BCUT2D eigenvalue weighted by Gasteiger charge is -2.28. The van der Waals surface area contributed by atoms with Crippen LogP contribution in [-0.4, -0.2) is 26.8 Å². The third-order valence-electron chi connectivity index (χ3n) is 7.09. The maximum Gasteiger partial charge on any atom is 0.416 e. The second-order valence-electron chi connectivity index (χ2n) is 10.3. The van der Waals surface area contributed by atoms with E-state index in [1.807, 2.05) is 12.1 Å². The fourth-order valence-electron chi connectivity index (χ4n) is 5.02. The Bertz CT molecular complexity index is 1510. The molecule has 8 nitrogen and oxygen atoms in total. The van der Waals surface area contributed by atoms with Crippen LogP contribution in [0.4, 0.5) is 13.2 Å². The van der Waals surface area contributed by atoms with Crippen molar-refractivity contribution in [2.24, 2.45) is 5.73 Å². The number of rotatable bonds is 12. The smallest absolute Gasteiger partial charge is 0.370 e. The zero-order chi connectivity index (χ0) is 30.3. The number of carbonyl (C=O) groups is 2. The third-order valence-corrected chi connectivity index (χ3v) is 8.56. The molecule has 0 unspecified atom stereocenters. The second-order valence-corrected chi connectivity index (χ2v) is 12.0. The highest BCUT2D eigenvalue weighted by molar-refractivity contribution is 7.89. The van der Waals surface area contributed by atoms with E-state index in [2.05, 4.69) is 21.4 Å². The van der Waals surface area contributed by atoms with E-state index in [1.54, 1.807) is 30.3 Å². The van der Waals surface area contributed by atoms with Crippen LogP contribution in [0.25, 0.3) is 0 Å². The van der Waals surface area contributed by atoms with Crippen molar-refractivity contribution in [3.8, 4) is 0 Å². The molecular weight excluding hydrogens is 569 g/mol. The van der Waals surface area contributed by atoms with Gasteiger partial charge in [-0.1, -0.05) is 54.6 Å². The normalized spacial score (nSPS) is 15.9. The number of hydrogen-bond acceptors (Lipinski definition) is 5. The standard InChI is InChI=1S/C30H33F3N4O4S/c31-30(32,33)23-9-5-10-24(17-23)42(40,41)37-27(21-6-2-1-3-7-21)18-29(39)36-26-11-4-8-22-16-20(12-13-25(22)26)19-35-15-14-28(34)38/h1-3,5-7,9-10,12-13,16-17,26-27,35,37H,4,8,11,14-15,18-19H2,(H2,34,38)(H,36,39)/t26-,27-/m1/s1. The molecule has 3 aromatic rings. The summed E-state index contributed by atoms with van der Waals surface area (Å²) in [6.45, 7) is 1.05. The van der Waals surface area contributed by atoms with Gasteiger partial charge in [0.05, 0.1) is 22.5 Å². The minimum absolute atomic E-state index is 0.249. The number of carbonyl (C=O) groups excluding carboxylic acids is 2. The Labute approximate surface area is 242 Å². The summed E-state index contributed by atoms with van der Waals surface area (Å²) in [5, 5.41) is 6.20. The van der Waals surface area contributed by atoms with Gasteiger partial charge in [0.1, 0.15) is 0 Å². The summed E-state index contributed by atoms with van der Waals surface area (Å²) < 4.78 is 68.4. The highest BCUT2D eigenvalue weighted by Gasteiger charge is 2.32. The third kappa shape index (κ3) is 8.40. The minimum atomic E-state index is -4.71. The molecule has 0 saturated carbocycles. The molecule has 2 amide bonds. The molecule has 0 spiro atoms. The summed E-state index contributed by atoms with van der Waals surface area (Å²) in [5.41, 5.74) is 7.72. The van der Waals surface area contributed by atoms with E-state index in [0.29, 0.717) is 31.1 Å². The average molecular weight is 603 g/mol. The predicted molar refractivity (Wildman–Crippen MR) is 151 cm³/mol. The van der Waals surface area contributed by atoms with Gasteiger partial charge in [-0.2, -0.15) is 13.2 Å². The number of benzene rings is 3. The first-order valence-electron chi connectivity index (χ1n) is 13.6. The molecule has 0 saturated heterocycles. The fourth-order valence-corrected chi connectivity index (χ4v) is 6.29. The molecule has 0 fully saturated rings. The SMILES string of the molecule is NC(=O)CCNCc1ccc2c(c1)CCC[C@H]2NC(=O)C[C@@H](NS(=O)(=O)c1cccc(C(F)(F)F)c1)c1ccccc1. The summed E-state index contributed by atoms with van der Waals surface area (Å²) in [4.78, 5) is 23.7. The van der Waals surface area contributed by atoms with Gasteiger partial charge in [0.15, 0.2) is 0 Å². The molecule has 224 valence electrons. The number of amides is 2. The predicted octanol–water partition coefficient (Wildman–Crippen LogP) is 4.27. The number of fused-ring (bicyclic) bond motifs is 1. The van der Waals surface area contributed by atoms with Gasteiger partial charge in [-0.3, -0.25) is 9.59 Å². The van der Waals surface area contributed by atoms with Crippen molar-refractivity contribution in [3.63, 3.8) is 0 Å². The first-order chi connectivity index (χ1) is 19.9. The molecule has 0 aromatic heterocycles. The molecule has 0 aliphatic heterocycles. The van der Waals surface area contributed by atoms with Crippen LogP contribution in [0.1, 0.15) is 65.6 Å².